The van der Waals surface area contributed by atoms with E-state index >= 15 is 0 Å². The van der Waals surface area contributed by atoms with E-state index in [0.717, 1.165) is 64.3 Å². The quantitative estimate of drug-likeness (QED) is 0.129. The van der Waals surface area contributed by atoms with Gasteiger partial charge in [-0.2, -0.15) is 4.98 Å². The van der Waals surface area contributed by atoms with E-state index in [2.05, 4.69) is 63.6 Å². The third kappa shape index (κ3) is 9.97. The van der Waals surface area contributed by atoms with E-state index in [9.17, 15) is 14.5 Å². The smallest absolute Gasteiger partial charge is 0.339 e. The van der Waals surface area contributed by atoms with Gasteiger partial charge < -0.3 is 19.6 Å². The number of thiazole rings is 2. The van der Waals surface area contributed by atoms with Gasteiger partial charge in [0, 0.05) is 38.3 Å². The lowest BCUT2D eigenvalue weighted by Gasteiger charge is -2.21. The number of aromatic hydroxyl groups is 1. The Kier molecular flexibility index (Phi) is 12.9. The number of nitrogens with one attached hydrogen (secondary N) is 1. The van der Waals surface area contributed by atoms with Crippen LogP contribution in [-0.2, 0) is 14.0 Å². The number of rotatable bonds is 4. The van der Waals surface area contributed by atoms with Crippen molar-refractivity contribution in [3.63, 3.8) is 0 Å². The summed E-state index contributed by atoms with van der Waals surface area (Å²) in [6, 6.07) is 15.6. The van der Waals surface area contributed by atoms with Gasteiger partial charge in [-0.1, -0.05) is 47.5 Å². The molecule has 8 rings (SSSR count). The molecule has 6 aromatic rings. The van der Waals surface area contributed by atoms with Gasteiger partial charge in [-0.05, 0) is 83.7 Å². The first-order valence-corrected chi connectivity index (χ1v) is 22.4. The van der Waals surface area contributed by atoms with Crippen LogP contribution in [0, 0.1) is 0 Å². The molecule has 2 aromatic carbocycles. The molecular weight excluding hydrogens is 821 g/mol. The van der Waals surface area contributed by atoms with Crippen LogP contribution >= 0.6 is 84.8 Å². The van der Waals surface area contributed by atoms with Crippen LogP contribution in [0.2, 0.25) is 10.3 Å². The minimum atomic E-state index is -3.22. The van der Waals surface area contributed by atoms with Gasteiger partial charge in [-0.3, -0.25) is 9.36 Å². The maximum Gasteiger partial charge on any atom is 0.339 e. The van der Waals surface area contributed by atoms with Crippen LogP contribution < -0.4 is 5.56 Å². The van der Waals surface area contributed by atoms with Crippen LogP contribution in [0.25, 0.3) is 41.6 Å². The Bertz CT molecular complexity index is 2160. The molecule has 0 amide bonds. The first-order valence-electron chi connectivity index (χ1n) is 15.6. The van der Waals surface area contributed by atoms with Crippen molar-refractivity contribution in [3.05, 3.63) is 80.8 Å². The molecule has 4 aromatic heterocycles. The second-order valence-electron chi connectivity index (χ2n) is 11.3. The van der Waals surface area contributed by atoms with E-state index in [4.69, 9.17) is 32.7 Å². The number of para-hydroxylation sites is 2. The molecule has 0 radical (unpaired) electrons. The largest absolute Gasteiger partial charge is 0.493 e. The second kappa shape index (κ2) is 17.2. The number of H-pyrrole nitrogens is 1. The van der Waals surface area contributed by atoms with Crippen molar-refractivity contribution in [3.8, 4) is 27.0 Å². The lowest BCUT2D eigenvalue weighted by atomic mass is 9.99. The van der Waals surface area contributed by atoms with Crippen molar-refractivity contribution < 1.29 is 19.1 Å². The van der Waals surface area contributed by atoms with Gasteiger partial charge in [0.1, 0.15) is 37.5 Å². The van der Waals surface area contributed by atoms with Gasteiger partial charge in [-0.25, -0.2) is 19.9 Å². The Morgan fingerprint density at radius 2 is 1.16 bits per heavy atom. The highest BCUT2D eigenvalue weighted by atomic mass is 36.0. The van der Waals surface area contributed by atoms with E-state index in [0.29, 0.717) is 45.7 Å². The molecule has 0 spiro atoms. The third-order valence-electron chi connectivity index (χ3n) is 7.97. The third-order valence-corrected chi connectivity index (χ3v) is 10.6. The lowest BCUT2D eigenvalue weighted by molar-refractivity contribution is 0.0833. The SMILES string of the molecule is Clc1nc(C2CCOCC2)nc(Cl)c1-c1nc2ccccc2s1.O=P(Cl)(Cl)Cl.O=c1[nH]c(C2CCOCC2)nc(O)c1-c1nc2ccccc2s1. The number of hydrogen-bond acceptors (Lipinski definition) is 12. The van der Waals surface area contributed by atoms with Gasteiger partial charge >= 0.3 is 5.20 Å². The number of hydrogen-bond donors (Lipinski definition) is 2. The predicted octanol–water partition coefficient (Wildman–Crippen LogP) is 10.4. The average Bonchev–Trinajstić information content (AvgIpc) is 3.72. The first kappa shape index (κ1) is 38.3. The second-order valence-corrected chi connectivity index (χ2v) is 20.8. The molecule has 51 heavy (non-hydrogen) atoms. The molecule has 0 aliphatic carbocycles. The van der Waals surface area contributed by atoms with E-state index in [1.54, 1.807) is 11.3 Å². The Hall–Kier alpha value is -2.42. The fourth-order valence-electron chi connectivity index (χ4n) is 5.53. The number of aromatic amines is 1. The van der Waals surface area contributed by atoms with Gasteiger partial charge in [0.25, 0.3) is 5.56 Å². The molecule has 11 nitrogen and oxygen atoms in total. The zero-order valence-electron chi connectivity index (χ0n) is 26.4. The van der Waals surface area contributed by atoms with Gasteiger partial charge in [0.2, 0.25) is 5.88 Å². The molecule has 2 aliphatic rings. The fraction of sp³-hybridized carbons (Fsp3) is 0.312. The maximum absolute atomic E-state index is 12.5. The van der Waals surface area contributed by atoms with Crippen LogP contribution in [0.5, 0.6) is 5.88 Å². The Morgan fingerprint density at radius 3 is 1.63 bits per heavy atom. The highest BCUT2D eigenvalue weighted by Gasteiger charge is 2.25. The Morgan fingerprint density at radius 1 is 0.706 bits per heavy atom. The van der Waals surface area contributed by atoms with Crippen LogP contribution in [0.4, 0.5) is 0 Å². The van der Waals surface area contributed by atoms with E-state index in [-0.39, 0.29) is 28.8 Å². The topological polar surface area (TPSA) is 153 Å². The van der Waals surface area contributed by atoms with Gasteiger partial charge in [0.15, 0.2) is 0 Å². The summed E-state index contributed by atoms with van der Waals surface area (Å²) in [5.74, 6) is 1.35. The molecular formula is C32H28Cl5N6O5PS2. The summed E-state index contributed by atoms with van der Waals surface area (Å²) in [7, 11) is 0. The molecule has 19 heteroatoms. The molecule has 6 heterocycles. The monoisotopic (exact) mass is 846 g/mol. The number of halogens is 5. The standard InChI is InChI=1S/C16H13Cl2N3OS.C16H15N3O3S.Cl3OP/c17-13-12(16-19-10-3-1-2-4-11(10)23-16)14(18)21-15(20-13)9-5-7-22-8-6-9;20-14-12(16-17-10-3-1-2-4-11(10)23-16)15(21)19-13(18-14)9-5-7-22-8-6-9;1-5(2,3)4/h1-4,9H,5-8H2;1-4,9H,5-8H2,(H2,18,19,20,21);. The summed E-state index contributed by atoms with van der Waals surface area (Å²) >= 11 is 29.6. The minimum absolute atomic E-state index is 0.117. The molecule has 2 aliphatic heterocycles. The Labute approximate surface area is 324 Å². The lowest BCUT2D eigenvalue weighted by Crippen LogP contribution is -2.21. The maximum atomic E-state index is 12.5. The summed E-state index contributed by atoms with van der Waals surface area (Å²) in [5.41, 5.74) is 2.14. The van der Waals surface area contributed by atoms with Crippen LogP contribution in [-0.4, -0.2) is 61.4 Å². The molecule has 0 bridgehead atoms. The van der Waals surface area contributed by atoms with Crippen LogP contribution in [0.15, 0.2) is 53.3 Å². The van der Waals surface area contributed by atoms with E-state index in [1.807, 2.05) is 48.5 Å². The van der Waals surface area contributed by atoms with Crippen molar-refractivity contribution in [2.45, 2.75) is 37.5 Å². The highest BCUT2D eigenvalue weighted by Crippen LogP contribution is 2.61. The van der Waals surface area contributed by atoms with E-state index in [1.165, 1.54) is 11.3 Å². The normalized spacial score (nSPS) is 15.6. The number of nitrogens with zero attached hydrogens (tertiary/aromatic N) is 5. The minimum Gasteiger partial charge on any atom is -0.493 e. The molecule has 2 fully saturated rings. The fourth-order valence-corrected chi connectivity index (χ4v) is 8.24. The highest BCUT2D eigenvalue weighted by molar-refractivity contribution is 8.24. The summed E-state index contributed by atoms with van der Waals surface area (Å²) in [6.45, 7) is 2.75. The zero-order chi connectivity index (χ0) is 36.1. The summed E-state index contributed by atoms with van der Waals surface area (Å²) < 4.78 is 22.3. The zero-order valence-corrected chi connectivity index (χ0v) is 32.7. The first-order chi connectivity index (χ1) is 24.4. The van der Waals surface area contributed by atoms with Crippen LogP contribution in [0.1, 0.15) is 49.2 Å². The average molecular weight is 849 g/mol. The number of ether oxygens (including phenoxy) is 2. The van der Waals surface area contributed by atoms with Crippen molar-refractivity contribution in [1.29, 1.82) is 0 Å². The molecule has 0 atom stereocenters. The van der Waals surface area contributed by atoms with Crippen molar-refractivity contribution >= 4 is 105 Å². The molecule has 2 saturated heterocycles. The van der Waals surface area contributed by atoms with Crippen molar-refractivity contribution in [2.24, 2.45) is 0 Å². The molecule has 0 saturated carbocycles. The number of aromatic nitrogens is 6. The van der Waals surface area contributed by atoms with Gasteiger partial charge in [0.05, 0.1) is 26.0 Å². The summed E-state index contributed by atoms with van der Waals surface area (Å²) in [4.78, 5) is 37.5. The number of benzene rings is 2. The summed E-state index contributed by atoms with van der Waals surface area (Å²) in [5, 5.41) is 9.03. The molecule has 268 valence electrons. The van der Waals surface area contributed by atoms with Crippen molar-refractivity contribution in [2.75, 3.05) is 26.4 Å². The van der Waals surface area contributed by atoms with Crippen molar-refractivity contribution in [1.82, 2.24) is 29.9 Å². The number of fused-ring (bicyclic) bond motifs is 2. The summed E-state index contributed by atoms with van der Waals surface area (Å²) in [6.07, 6.45) is 3.38. The Balaban J connectivity index is 0.000000156. The van der Waals surface area contributed by atoms with E-state index < -0.39 is 5.20 Å². The van der Waals surface area contributed by atoms with Gasteiger partial charge in [-0.15, -0.1) is 22.7 Å². The molecule has 2 N–H and O–H groups in total. The van der Waals surface area contributed by atoms with Crippen LogP contribution in [0.3, 0.4) is 0 Å². The predicted molar refractivity (Wildman–Crippen MR) is 207 cm³/mol. The molecule has 0 unspecified atom stereocenters.